The van der Waals surface area contributed by atoms with Crippen LogP contribution in [0.25, 0.3) is 10.9 Å². The van der Waals surface area contributed by atoms with Crippen LogP contribution in [-0.2, 0) is 27.8 Å². The van der Waals surface area contributed by atoms with Gasteiger partial charge < -0.3 is 19.4 Å². The van der Waals surface area contributed by atoms with Gasteiger partial charge in [-0.2, -0.15) is 0 Å². The Morgan fingerprint density at radius 1 is 1.07 bits per heavy atom. The van der Waals surface area contributed by atoms with E-state index < -0.39 is 15.9 Å². The number of anilines is 1. The molecule has 0 fully saturated rings. The van der Waals surface area contributed by atoms with E-state index in [9.17, 15) is 18.0 Å². The van der Waals surface area contributed by atoms with Crippen molar-refractivity contribution in [2.24, 2.45) is 0 Å². The van der Waals surface area contributed by atoms with E-state index in [0.29, 0.717) is 24.4 Å². The molecule has 5 rings (SSSR count). The fourth-order valence-electron chi connectivity index (χ4n) is 5.57. The predicted octanol–water partition coefficient (Wildman–Crippen LogP) is 6.01. The molecule has 1 aliphatic rings. The van der Waals surface area contributed by atoms with E-state index in [1.165, 1.54) is 12.1 Å². The fraction of sp³-hybridized carbons (Fsp3) is 0.312. The summed E-state index contributed by atoms with van der Waals surface area (Å²) in [6.07, 6.45) is 1.52. The van der Waals surface area contributed by atoms with Gasteiger partial charge >= 0.3 is 0 Å². The molecule has 43 heavy (non-hydrogen) atoms. The quantitative estimate of drug-likeness (QED) is 0.221. The molecule has 1 aliphatic heterocycles. The fourth-order valence-corrected chi connectivity index (χ4v) is 6.90. The van der Waals surface area contributed by atoms with Gasteiger partial charge in [-0.05, 0) is 99.2 Å². The van der Waals surface area contributed by atoms with Gasteiger partial charge in [-0.1, -0.05) is 18.5 Å². The van der Waals surface area contributed by atoms with Gasteiger partial charge in [0.1, 0.15) is 11.5 Å². The highest BCUT2D eigenvalue weighted by Crippen LogP contribution is 2.33. The van der Waals surface area contributed by atoms with Crippen LogP contribution in [0.3, 0.4) is 0 Å². The number of carbonyl (C=O) groups is 2. The number of nitrogens with zero attached hydrogens (tertiary/aromatic N) is 1. The molecule has 0 radical (unpaired) electrons. The molecule has 0 saturated carbocycles. The zero-order valence-electron chi connectivity index (χ0n) is 24.8. The van der Waals surface area contributed by atoms with E-state index in [1.807, 2.05) is 32.0 Å². The molecule has 2 N–H and O–H groups in total. The first-order valence-electron chi connectivity index (χ1n) is 14.0. The summed E-state index contributed by atoms with van der Waals surface area (Å²) in [5, 5.41) is 4.31. The van der Waals surface area contributed by atoms with Crippen LogP contribution < -0.4 is 19.5 Å². The van der Waals surface area contributed by atoms with Crippen LogP contribution in [0.2, 0.25) is 5.02 Å². The molecular formula is C32H34ClN3O6S. The molecule has 0 bridgehead atoms. The molecule has 0 aliphatic carbocycles. The van der Waals surface area contributed by atoms with Gasteiger partial charge in [0, 0.05) is 39.8 Å². The summed E-state index contributed by atoms with van der Waals surface area (Å²) in [4.78, 5) is 24.7. The highest BCUT2D eigenvalue weighted by molar-refractivity contribution is 7.90. The third-order valence-corrected chi connectivity index (χ3v) is 9.77. The van der Waals surface area contributed by atoms with Crippen LogP contribution in [0.5, 0.6) is 11.5 Å². The van der Waals surface area contributed by atoms with Crippen LogP contribution in [0.4, 0.5) is 5.69 Å². The topological polar surface area (TPSA) is 116 Å². The number of hydrogen-bond acceptors (Lipinski definition) is 6. The first kappa shape index (κ1) is 30.4. The second-order valence-electron chi connectivity index (χ2n) is 10.8. The third kappa shape index (κ3) is 6.07. The Balaban J connectivity index is 1.33. The van der Waals surface area contributed by atoms with Crippen LogP contribution in [0.15, 0.2) is 47.4 Å². The summed E-state index contributed by atoms with van der Waals surface area (Å²) in [7, 11) is -4.22. The lowest BCUT2D eigenvalue weighted by molar-refractivity contribution is -0.118. The van der Waals surface area contributed by atoms with Crippen LogP contribution >= 0.6 is 11.6 Å². The van der Waals surface area contributed by atoms with E-state index in [0.717, 1.165) is 56.9 Å². The lowest BCUT2D eigenvalue weighted by Gasteiger charge is -2.20. The number of benzene rings is 3. The van der Waals surface area contributed by atoms with Gasteiger partial charge in [0.15, 0.2) is 6.61 Å². The number of fused-ring (bicyclic) bond motifs is 2. The van der Waals surface area contributed by atoms with Crippen molar-refractivity contribution in [3.63, 3.8) is 0 Å². The number of amides is 2. The minimum Gasteiger partial charge on any atom is -0.494 e. The van der Waals surface area contributed by atoms with Crippen LogP contribution in [0.1, 0.15) is 51.7 Å². The summed E-state index contributed by atoms with van der Waals surface area (Å²) in [5.41, 5.74) is 6.11. The first-order chi connectivity index (χ1) is 20.4. The minimum atomic E-state index is -4.22. The number of hydrogen-bond donors (Lipinski definition) is 2. The smallest absolute Gasteiger partial charge is 0.265 e. The molecule has 2 heterocycles. The lowest BCUT2D eigenvalue weighted by Crippen LogP contribution is -2.31. The van der Waals surface area contributed by atoms with Gasteiger partial charge in [-0.15, -0.1) is 0 Å². The number of rotatable bonds is 9. The Kier molecular flexibility index (Phi) is 8.45. The Bertz CT molecular complexity index is 1860. The van der Waals surface area contributed by atoms with Crippen molar-refractivity contribution in [2.45, 2.75) is 58.9 Å². The Labute approximate surface area is 256 Å². The molecule has 1 aromatic heterocycles. The van der Waals surface area contributed by atoms with E-state index in [-0.39, 0.29) is 28.7 Å². The summed E-state index contributed by atoms with van der Waals surface area (Å²) >= 11 is 6.27. The van der Waals surface area contributed by atoms with Crippen molar-refractivity contribution >= 4 is 50.0 Å². The number of aryl methyl sites for hydroxylation is 5. The Hall–Kier alpha value is -4.02. The second kappa shape index (κ2) is 11.9. The van der Waals surface area contributed by atoms with Gasteiger partial charge in [0.25, 0.3) is 21.8 Å². The average molecular weight is 624 g/mol. The molecule has 0 unspecified atom stereocenters. The molecule has 226 valence electrons. The van der Waals surface area contributed by atoms with Crippen molar-refractivity contribution < 1.29 is 27.5 Å². The number of sulfonamides is 1. The van der Waals surface area contributed by atoms with E-state index in [4.69, 9.17) is 21.1 Å². The largest absolute Gasteiger partial charge is 0.494 e. The molecule has 2 amide bonds. The standard InChI is InChI=1S/C32H34ClN3O6S/c1-6-24-21(5)36(10-7-11-41-23-12-19(3)31(33)20(4)13-23)27-9-8-22(15-25(24)27)32(38)35-43(39,40)29-16-28-26(14-18(29)2)34-30(37)17-42-28/h8-9,12-16H,6-7,10-11,17H2,1-5H3,(H,34,37)(H,35,38). The van der Waals surface area contributed by atoms with Gasteiger partial charge in [-0.3, -0.25) is 9.59 Å². The summed E-state index contributed by atoms with van der Waals surface area (Å²) in [5.74, 6) is -0.0355. The molecule has 0 spiro atoms. The Morgan fingerprint density at radius 3 is 2.49 bits per heavy atom. The van der Waals surface area contributed by atoms with Crippen molar-refractivity contribution in [3.8, 4) is 11.5 Å². The average Bonchev–Trinajstić information content (AvgIpc) is 3.22. The van der Waals surface area contributed by atoms with Crippen LogP contribution in [0, 0.1) is 27.7 Å². The second-order valence-corrected chi connectivity index (χ2v) is 12.8. The number of carbonyl (C=O) groups excluding carboxylic acids is 2. The maximum Gasteiger partial charge on any atom is 0.265 e. The van der Waals surface area contributed by atoms with Crippen LogP contribution in [-0.4, -0.2) is 38.0 Å². The molecule has 11 heteroatoms. The monoisotopic (exact) mass is 623 g/mol. The van der Waals surface area contributed by atoms with E-state index in [1.54, 1.807) is 19.1 Å². The molecular weight excluding hydrogens is 590 g/mol. The zero-order valence-corrected chi connectivity index (χ0v) is 26.3. The van der Waals surface area contributed by atoms with Gasteiger partial charge in [-0.25, -0.2) is 13.1 Å². The zero-order chi connectivity index (χ0) is 31.1. The van der Waals surface area contributed by atoms with Gasteiger partial charge in [0.2, 0.25) is 0 Å². The van der Waals surface area contributed by atoms with Crippen molar-refractivity contribution in [3.05, 3.63) is 81.0 Å². The maximum atomic E-state index is 13.2. The predicted molar refractivity (Wildman–Crippen MR) is 167 cm³/mol. The molecule has 4 aromatic rings. The Morgan fingerprint density at radius 2 is 1.79 bits per heavy atom. The van der Waals surface area contributed by atoms with Crippen molar-refractivity contribution in [1.82, 2.24) is 9.29 Å². The van der Waals surface area contributed by atoms with Crippen molar-refractivity contribution in [1.29, 1.82) is 0 Å². The maximum absolute atomic E-state index is 13.2. The van der Waals surface area contributed by atoms with Crippen molar-refractivity contribution in [2.75, 3.05) is 18.5 Å². The molecule has 0 atom stereocenters. The number of nitrogens with one attached hydrogen (secondary N) is 2. The summed E-state index contributed by atoms with van der Waals surface area (Å²) in [6, 6.07) is 11.9. The van der Waals surface area contributed by atoms with E-state index in [2.05, 4.69) is 28.5 Å². The molecule has 0 saturated heterocycles. The number of halogens is 1. The SMILES string of the molecule is CCc1c(C)n(CCCOc2cc(C)c(Cl)c(C)c2)c2ccc(C(=O)NS(=O)(=O)c3cc4c(cc3C)NC(=O)CO4)cc12. The van der Waals surface area contributed by atoms with E-state index >= 15 is 0 Å². The number of aromatic nitrogens is 1. The first-order valence-corrected chi connectivity index (χ1v) is 15.9. The molecule has 9 nitrogen and oxygen atoms in total. The minimum absolute atomic E-state index is 0.0980. The lowest BCUT2D eigenvalue weighted by atomic mass is 10.1. The summed E-state index contributed by atoms with van der Waals surface area (Å²) in [6.45, 7) is 10.6. The highest BCUT2D eigenvalue weighted by Gasteiger charge is 2.26. The third-order valence-electron chi connectivity index (χ3n) is 7.70. The normalized spacial score (nSPS) is 12.9. The number of ether oxygens (including phenoxy) is 2. The highest BCUT2D eigenvalue weighted by atomic mass is 35.5. The molecule has 3 aromatic carbocycles. The van der Waals surface area contributed by atoms with Gasteiger partial charge in [0.05, 0.1) is 17.2 Å². The summed E-state index contributed by atoms with van der Waals surface area (Å²) < 4.78 is 42.3.